The molecular formula is C12H11Br2N3O2S. The number of para-hydroxylation sites is 1. The van der Waals surface area contributed by atoms with Gasteiger partial charge in [-0.1, -0.05) is 6.07 Å². The van der Waals surface area contributed by atoms with Gasteiger partial charge in [0.2, 0.25) is 10.0 Å². The number of nitrogens with two attached hydrogens (primary N) is 2. The summed E-state index contributed by atoms with van der Waals surface area (Å²) in [7, 11) is -3.87. The highest BCUT2D eigenvalue weighted by Gasteiger charge is 2.16. The molecule has 0 saturated heterocycles. The van der Waals surface area contributed by atoms with Crippen molar-refractivity contribution in [3.63, 3.8) is 0 Å². The summed E-state index contributed by atoms with van der Waals surface area (Å²) in [5, 5.41) is 8.24. The molecule has 2 rings (SSSR count). The molecular weight excluding hydrogens is 410 g/mol. The molecule has 0 aliphatic rings. The van der Waals surface area contributed by atoms with Gasteiger partial charge in [0, 0.05) is 14.6 Å². The number of benzene rings is 2. The lowest BCUT2D eigenvalue weighted by Gasteiger charge is -2.14. The summed E-state index contributed by atoms with van der Waals surface area (Å²) in [6.45, 7) is 0. The maximum absolute atomic E-state index is 11.6. The topological polar surface area (TPSA) is 98.2 Å². The number of sulfonamides is 1. The molecule has 8 heteroatoms. The van der Waals surface area contributed by atoms with Gasteiger partial charge in [0.1, 0.15) is 4.90 Å². The average Bonchev–Trinajstić information content (AvgIpc) is 2.34. The number of anilines is 3. The van der Waals surface area contributed by atoms with Crippen LogP contribution in [0.2, 0.25) is 0 Å². The molecule has 0 aromatic heterocycles. The van der Waals surface area contributed by atoms with E-state index in [-0.39, 0.29) is 4.90 Å². The van der Waals surface area contributed by atoms with Crippen molar-refractivity contribution < 1.29 is 8.42 Å². The van der Waals surface area contributed by atoms with Crippen LogP contribution in [0.15, 0.2) is 50.2 Å². The van der Waals surface area contributed by atoms with Gasteiger partial charge in [0.15, 0.2) is 0 Å². The van der Waals surface area contributed by atoms with Crippen LogP contribution in [0, 0.1) is 0 Å². The van der Waals surface area contributed by atoms with E-state index in [2.05, 4.69) is 37.2 Å². The third-order valence-electron chi connectivity index (χ3n) is 2.53. The fraction of sp³-hybridized carbons (Fsp3) is 0. The van der Waals surface area contributed by atoms with Gasteiger partial charge < -0.3 is 11.1 Å². The highest BCUT2D eigenvalue weighted by molar-refractivity contribution is 9.11. The van der Waals surface area contributed by atoms with Gasteiger partial charge in [0.25, 0.3) is 0 Å². The van der Waals surface area contributed by atoms with E-state index in [9.17, 15) is 8.42 Å². The lowest BCUT2D eigenvalue weighted by molar-refractivity contribution is 0.598. The Bertz CT molecular complexity index is 743. The van der Waals surface area contributed by atoms with Gasteiger partial charge in [-0.25, -0.2) is 13.6 Å². The van der Waals surface area contributed by atoms with Gasteiger partial charge >= 0.3 is 0 Å². The van der Waals surface area contributed by atoms with Crippen molar-refractivity contribution in [3.8, 4) is 0 Å². The molecule has 0 aliphatic carbocycles. The van der Waals surface area contributed by atoms with Crippen molar-refractivity contribution in [2.45, 2.75) is 4.90 Å². The number of primary sulfonamides is 1. The third-order valence-corrected chi connectivity index (χ3v) is 4.81. The second-order valence-corrected chi connectivity index (χ2v) is 7.26. The monoisotopic (exact) mass is 419 g/mol. The van der Waals surface area contributed by atoms with E-state index in [1.807, 2.05) is 18.2 Å². The molecule has 0 bridgehead atoms. The number of rotatable bonds is 3. The standard InChI is InChI=1S/C12H11Br2N3O2S/c13-8-2-1-3-9(14)12(8)17-10-5-4-7(15)6-11(10)20(16,18)19/h1-6,17H,15H2,(H2,16,18,19). The summed E-state index contributed by atoms with van der Waals surface area (Å²) in [6.07, 6.45) is 0. The van der Waals surface area contributed by atoms with Crippen LogP contribution in [-0.4, -0.2) is 8.42 Å². The first kappa shape index (κ1) is 15.3. The largest absolute Gasteiger partial charge is 0.399 e. The summed E-state index contributed by atoms with van der Waals surface area (Å²) in [5.74, 6) is 0. The van der Waals surface area contributed by atoms with Gasteiger partial charge in [-0.3, -0.25) is 0 Å². The van der Waals surface area contributed by atoms with Crippen molar-refractivity contribution >= 4 is 58.9 Å². The molecule has 0 unspecified atom stereocenters. The Morgan fingerprint density at radius 1 is 1.05 bits per heavy atom. The van der Waals surface area contributed by atoms with E-state index in [0.717, 1.165) is 8.95 Å². The summed E-state index contributed by atoms with van der Waals surface area (Å²) in [5.41, 5.74) is 6.99. The Hall–Kier alpha value is -1.09. The molecule has 106 valence electrons. The lowest BCUT2D eigenvalue weighted by atomic mass is 10.2. The lowest BCUT2D eigenvalue weighted by Crippen LogP contribution is -2.14. The quantitative estimate of drug-likeness (QED) is 0.664. The summed E-state index contributed by atoms with van der Waals surface area (Å²) < 4.78 is 24.8. The van der Waals surface area contributed by atoms with Gasteiger partial charge in [-0.05, 0) is 62.2 Å². The molecule has 0 radical (unpaired) electrons. The van der Waals surface area contributed by atoms with E-state index in [4.69, 9.17) is 10.9 Å². The van der Waals surface area contributed by atoms with Crippen LogP contribution in [0.4, 0.5) is 17.1 Å². The van der Waals surface area contributed by atoms with E-state index in [0.29, 0.717) is 17.1 Å². The fourth-order valence-corrected chi connectivity index (χ4v) is 3.55. The Morgan fingerprint density at radius 2 is 1.65 bits per heavy atom. The number of halogens is 2. The predicted molar refractivity (Wildman–Crippen MR) is 87.4 cm³/mol. The first-order chi connectivity index (χ1) is 9.29. The van der Waals surface area contributed by atoms with Crippen LogP contribution < -0.4 is 16.2 Å². The molecule has 5 nitrogen and oxygen atoms in total. The Kier molecular flexibility index (Phi) is 4.38. The van der Waals surface area contributed by atoms with Crippen LogP contribution in [0.1, 0.15) is 0 Å². The van der Waals surface area contributed by atoms with E-state index in [1.54, 1.807) is 12.1 Å². The SMILES string of the molecule is Nc1ccc(Nc2c(Br)cccc2Br)c(S(N)(=O)=O)c1. The first-order valence-electron chi connectivity index (χ1n) is 5.42. The Morgan fingerprint density at radius 3 is 2.20 bits per heavy atom. The predicted octanol–water partition coefficient (Wildman–Crippen LogP) is 3.18. The minimum Gasteiger partial charge on any atom is -0.399 e. The number of hydrogen-bond acceptors (Lipinski definition) is 4. The normalized spacial score (nSPS) is 11.3. The smallest absolute Gasteiger partial charge is 0.240 e. The van der Waals surface area contributed by atoms with Gasteiger partial charge in [0.05, 0.1) is 11.4 Å². The van der Waals surface area contributed by atoms with E-state index >= 15 is 0 Å². The molecule has 0 heterocycles. The van der Waals surface area contributed by atoms with Crippen molar-refractivity contribution in [2.24, 2.45) is 5.14 Å². The molecule has 0 amide bonds. The second-order valence-electron chi connectivity index (χ2n) is 4.02. The number of hydrogen-bond donors (Lipinski definition) is 3. The molecule has 2 aromatic rings. The molecule has 2 aromatic carbocycles. The van der Waals surface area contributed by atoms with Crippen molar-refractivity contribution in [1.82, 2.24) is 0 Å². The van der Waals surface area contributed by atoms with E-state index in [1.165, 1.54) is 6.07 Å². The maximum atomic E-state index is 11.6. The maximum Gasteiger partial charge on any atom is 0.240 e. The molecule has 0 aliphatic heterocycles. The van der Waals surface area contributed by atoms with Crippen molar-refractivity contribution in [2.75, 3.05) is 11.1 Å². The summed E-state index contributed by atoms with van der Waals surface area (Å²) >= 11 is 6.79. The molecule has 0 saturated carbocycles. The highest BCUT2D eigenvalue weighted by atomic mass is 79.9. The second kappa shape index (κ2) is 5.72. The number of nitrogens with one attached hydrogen (secondary N) is 1. The zero-order chi connectivity index (χ0) is 14.9. The minimum atomic E-state index is -3.87. The number of nitrogen functional groups attached to an aromatic ring is 1. The summed E-state index contributed by atoms with van der Waals surface area (Å²) in [4.78, 5) is -0.0554. The molecule has 5 N–H and O–H groups in total. The fourth-order valence-electron chi connectivity index (χ4n) is 1.63. The molecule has 20 heavy (non-hydrogen) atoms. The van der Waals surface area contributed by atoms with Gasteiger partial charge in [-0.2, -0.15) is 0 Å². The third kappa shape index (κ3) is 3.32. The summed E-state index contributed by atoms with van der Waals surface area (Å²) in [6, 6.07) is 10.0. The zero-order valence-electron chi connectivity index (χ0n) is 10.1. The average molecular weight is 421 g/mol. The Balaban J connectivity index is 2.55. The first-order valence-corrected chi connectivity index (χ1v) is 8.55. The van der Waals surface area contributed by atoms with E-state index < -0.39 is 10.0 Å². The highest BCUT2D eigenvalue weighted by Crippen LogP contribution is 2.35. The minimum absolute atomic E-state index is 0.0554. The van der Waals surface area contributed by atoms with Crippen LogP contribution in [0.3, 0.4) is 0 Å². The zero-order valence-corrected chi connectivity index (χ0v) is 14.1. The molecule has 0 atom stereocenters. The van der Waals surface area contributed by atoms with Crippen LogP contribution >= 0.6 is 31.9 Å². The van der Waals surface area contributed by atoms with Gasteiger partial charge in [-0.15, -0.1) is 0 Å². The molecule has 0 spiro atoms. The van der Waals surface area contributed by atoms with Crippen molar-refractivity contribution in [3.05, 3.63) is 45.3 Å². The van der Waals surface area contributed by atoms with Crippen LogP contribution in [-0.2, 0) is 10.0 Å². The van der Waals surface area contributed by atoms with Crippen molar-refractivity contribution in [1.29, 1.82) is 0 Å². The molecule has 0 fully saturated rings. The van der Waals surface area contributed by atoms with Crippen LogP contribution in [0.5, 0.6) is 0 Å². The Labute approximate surface area is 133 Å². The van der Waals surface area contributed by atoms with Crippen LogP contribution in [0.25, 0.3) is 0 Å².